The van der Waals surface area contributed by atoms with E-state index in [1.54, 1.807) is 0 Å². The molecular weight excluding hydrogens is 242 g/mol. The molecule has 0 aromatic carbocycles. The minimum absolute atomic E-state index is 0.222. The second-order valence-corrected chi connectivity index (χ2v) is 6.62. The van der Waals surface area contributed by atoms with Gasteiger partial charge in [0.15, 0.2) is 0 Å². The largest absolute Gasteiger partial charge is 0.379 e. The summed E-state index contributed by atoms with van der Waals surface area (Å²) in [5.41, 5.74) is 6.00. The van der Waals surface area contributed by atoms with E-state index in [1.807, 2.05) is 6.92 Å². The molecule has 2 atom stereocenters. The first-order valence-corrected chi connectivity index (χ1v) is 7.53. The predicted molar refractivity (Wildman–Crippen MR) is 64.4 cm³/mol. The number of nitrogens with zero attached hydrogens (tertiary/aromatic N) is 2. The van der Waals surface area contributed by atoms with Gasteiger partial charge in [0.2, 0.25) is 0 Å². The standard InChI is InChI=1S/C10H21N3O3S/c1-9-3-2-4-13(10(9)11)17(14,15)12-5-7-16-8-6-12/h9-10H,2-8,11H2,1H3. The Kier molecular flexibility index (Phi) is 4.04. The Hall–Kier alpha value is -0.210. The molecule has 0 aromatic heterocycles. The van der Waals surface area contributed by atoms with Crippen molar-refractivity contribution in [3.63, 3.8) is 0 Å². The molecule has 6 nitrogen and oxygen atoms in total. The molecule has 0 radical (unpaired) electrons. The van der Waals surface area contributed by atoms with E-state index in [2.05, 4.69) is 0 Å². The maximum Gasteiger partial charge on any atom is 0.283 e. The number of rotatable bonds is 2. The third kappa shape index (κ3) is 2.63. The second-order valence-electron chi connectivity index (χ2n) is 4.74. The summed E-state index contributed by atoms with van der Waals surface area (Å²) in [5.74, 6) is 0.222. The highest BCUT2D eigenvalue weighted by atomic mass is 32.2. The first kappa shape index (κ1) is 13.2. The summed E-state index contributed by atoms with van der Waals surface area (Å²) in [6.45, 7) is 4.34. The molecular formula is C10H21N3O3S. The molecule has 17 heavy (non-hydrogen) atoms. The van der Waals surface area contributed by atoms with Crippen LogP contribution in [-0.2, 0) is 14.9 Å². The van der Waals surface area contributed by atoms with Crippen LogP contribution in [0, 0.1) is 5.92 Å². The first-order valence-electron chi connectivity index (χ1n) is 6.13. The van der Waals surface area contributed by atoms with Crippen LogP contribution in [0.1, 0.15) is 19.8 Å². The van der Waals surface area contributed by atoms with Crippen LogP contribution in [-0.4, -0.2) is 56.0 Å². The Morgan fingerprint density at radius 1 is 1.24 bits per heavy atom. The zero-order chi connectivity index (χ0) is 12.5. The van der Waals surface area contributed by atoms with Crippen LogP contribution in [0.5, 0.6) is 0 Å². The predicted octanol–water partition coefficient (Wildman–Crippen LogP) is -0.420. The Morgan fingerprint density at radius 2 is 1.88 bits per heavy atom. The van der Waals surface area contributed by atoms with Crippen molar-refractivity contribution in [2.75, 3.05) is 32.8 Å². The molecule has 2 heterocycles. The van der Waals surface area contributed by atoms with E-state index < -0.39 is 16.4 Å². The van der Waals surface area contributed by atoms with Gasteiger partial charge in [-0.05, 0) is 18.8 Å². The van der Waals surface area contributed by atoms with Gasteiger partial charge in [-0.1, -0.05) is 6.92 Å². The number of nitrogens with two attached hydrogens (primary N) is 1. The quantitative estimate of drug-likeness (QED) is 0.734. The van der Waals surface area contributed by atoms with Gasteiger partial charge < -0.3 is 10.5 Å². The van der Waals surface area contributed by atoms with Gasteiger partial charge in [0.25, 0.3) is 10.2 Å². The molecule has 0 aliphatic carbocycles. The van der Waals surface area contributed by atoms with Crippen LogP contribution >= 0.6 is 0 Å². The number of piperidine rings is 1. The molecule has 7 heteroatoms. The Labute approximate surface area is 103 Å². The highest BCUT2D eigenvalue weighted by Crippen LogP contribution is 2.24. The zero-order valence-corrected chi connectivity index (χ0v) is 11.0. The third-order valence-corrected chi connectivity index (χ3v) is 5.58. The van der Waals surface area contributed by atoms with Crippen molar-refractivity contribution >= 4 is 10.2 Å². The van der Waals surface area contributed by atoms with Crippen molar-refractivity contribution in [3.8, 4) is 0 Å². The van der Waals surface area contributed by atoms with Gasteiger partial charge in [-0.25, -0.2) is 0 Å². The molecule has 2 fully saturated rings. The fourth-order valence-corrected chi connectivity index (χ4v) is 4.15. The number of hydrogen-bond acceptors (Lipinski definition) is 4. The second kappa shape index (κ2) is 5.19. The molecule has 2 aliphatic heterocycles. The Morgan fingerprint density at radius 3 is 2.53 bits per heavy atom. The van der Waals surface area contributed by atoms with E-state index in [1.165, 1.54) is 8.61 Å². The molecule has 2 unspecified atom stereocenters. The fraction of sp³-hybridized carbons (Fsp3) is 1.00. The van der Waals surface area contributed by atoms with Crippen molar-refractivity contribution in [2.24, 2.45) is 11.7 Å². The van der Waals surface area contributed by atoms with Gasteiger partial charge in [0, 0.05) is 19.6 Å². The molecule has 0 bridgehead atoms. The van der Waals surface area contributed by atoms with Crippen LogP contribution in [0.3, 0.4) is 0 Å². The van der Waals surface area contributed by atoms with E-state index in [4.69, 9.17) is 10.5 Å². The minimum atomic E-state index is -3.41. The molecule has 2 N–H and O–H groups in total. The zero-order valence-electron chi connectivity index (χ0n) is 10.2. The summed E-state index contributed by atoms with van der Waals surface area (Å²) < 4.78 is 32.9. The Balaban J connectivity index is 2.13. The molecule has 2 saturated heterocycles. The van der Waals surface area contributed by atoms with Crippen molar-refractivity contribution in [3.05, 3.63) is 0 Å². The number of hydrogen-bond donors (Lipinski definition) is 1. The van der Waals surface area contributed by atoms with Crippen LogP contribution < -0.4 is 5.73 Å². The lowest BCUT2D eigenvalue weighted by atomic mass is 9.99. The van der Waals surface area contributed by atoms with E-state index in [-0.39, 0.29) is 5.92 Å². The highest BCUT2D eigenvalue weighted by Gasteiger charge is 2.38. The van der Waals surface area contributed by atoms with E-state index in [9.17, 15) is 8.42 Å². The maximum absolute atomic E-state index is 12.4. The molecule has 0 aromatic rings. The third-order valence-electron chi connectivity index (χ3n) is 3.55. The highest BCUT2D eigenvalue weighted by molar-refractivity contribution is 7.86. The molecule has 2 rings (SSSR count). The van der Waals surface area contributed by atoms with Gasteiger partial charge >= 0.3 is 0 Å². The summed E-state index contributed by atoms with van der Waals surface area (Å²) in [6, 6.07) is 0. The van der Waals surface area contributed by atoms with Crippen molar-refractivity contribution in [2.45, 2.75) is 25.9 Å². The fourth-order valence-electron chi connectivity index (χ4n) is 2.37. The summed E-state index contributed by atoms with van der Waals surface area (Å²) >= 11 is 0. The van der Waals surface area contributed by atoms with Gasteiger partial charge in [-0.15, -0.1) is 0 Å². The lowest BCUT2D eigenvalue weighted by Crippen LogP contribution is -2.58. The lowest BCUT2D eigenvalue weighted by Gasteiger charge is -2.40. The topological polar surface area (TPSA) is 75.9 Å². The van der Waals surface area contributed by atoms with Crippen LogP contribution in [0.2, 0.25) is 0 Å². The van der Waals surface area contributed by atoms with Crippen LogP contribution in [0.15, 0.2) is 0 Å². The maximum atomic E-state index is 12.4. The minimum Gasteiger partial charge on any atom is -0.379 e. The summed E-state index contributed by atoms with van der Waals surface area (Å²) in [4.78, 5) is 0. The number of morpholine rings is 1. The van der Waals surface area contributed by atoms with Gasteiger partial charge in [0.05, 0.1) is 19.4 Å². The number of ether oxygens (including phenoxy) is 1. The molecule has 0 amide bonds. The monoisotopic (exact) mass is 263 g/mol. The normalized spacial score (nSPS) is 33.8. The summed E-state index contributed by atoms with van der Waals surface area (Å²) in [5, 5.41) is 0. The smallest absolute Gasteiger partial charge is 0.283 e. The van der Waals surface area contributed by atoms with E-state index in [0.717, 1.165) is 12.8 Å². The van der Waals surface area contributed by atoms with Crippen molar-refractivity contribution in [1.29, 1.82) is 0 Å². The van der Waals surface area contributed by atoms with Gasteiger partial charge in [-0.3, -0.25) is 0 Å². The molecule has 0 saturated carbocycles. The van der Waals surface area contributed by atoms with Crippen molar-refractivity contribution in [1.82, 2.24) is 8.61 Å². The molecule has 100 valence electrons. The average Bonchev–Trinajstić information content (AvgIpc) is 2.33. The summed E-state index contributed by atoms with van der Waals surface area (Å²) in [7, 11) is -3.41. The van der Waals surface area contributed by atoms with E-state index >= 15 is 0 Å². The lowest BCUT2D eigenvalue weighted by molar-refractivity contribution is 0.0668. The van der Waals surface area contributed by atoms with Crippen molar-refractivity contribution < 1.29 is 13.2 Å². The molecule has 0 spiro atoms. The first-order chi connectivity index (χ1) is 8.03. The Bertz CT molecular complexity index is 354. The molecule has 2 aliphatic rings. The SMILES string of the molecule is CC1CCCN(S(=O)(=O)N2CCOCC2)C1N. The summed E-state index contributed by atoms with van der Waals surface area (Å²) in [6.07, 6.45) is 1.49. The van der Waals surface area contributed by atoms with Crippen LogP contribution in [0.4, 0.5) is 0 Å². The van der Waals surface area contributed by atoms with E-state index in [0.29, 0.717) is 32.8 Å². The average molecular weight is 263 g/mol. The van der Waals surface area contributed by atoms with Crippen LogP contribution in [0.25, 0.3) is 0 Å². The van der Waals surface area contributed by atoms with Gasteiger partial charge in [0.1, 0.15) is 0 Å². The van der Waals surface area contributed by atoms with Gasteiger partial charge in [-0.2, -0.15) is 17.0 Å².